The summed E-state index contributed by atoms with van der Waals surface area (Å²) in [5.41, 5.74) is 0. The number of hydrogen-bond acceptors (Lipinski definition) is 1. The summed E-state index contributed by atoms with van der Waals surface area (Å²) in [6.07, 6.45) is 11.6. The van der Waals surface area contributed by atoms with Gasteiger partial charge in [0.25, 0.3) is 0 Å². The third kappa shape index (κ3) is 9.44. The van der Waals surface area contributed by atoms with Gasteiger partial charge in [0.2, 0.25) is 0 Å². The van der Waals surface area contributed by atoms with Crippen LogP contribution in [0.1, 0.15) is 32.1 Å². The summed E-state index contributed by atoms with van der Waals surface area (Å²) >= 11 is 0. The van der Waals surface area contributed by atoms with Crippen molar-refractivity contribution in [1.29, 1.82) is 0 Å². The maximum absolute atomic E-state index is 8.47. The smallest absolute Gasteiger partial charge is 0.0431 e. The van der Waals surface area contributed by atoms with E-state index in [4.69, 9.17) is 5.11 Å². The molecule has 0 spiro atoms. The number of aliphatic hydroxyl groups is 1. The van der Waals surface area contributed by atoms with Crippen molar-refractivity contribution < 1.29 is 5.11 Å². The first-order chi connectivity index (χ1) is 5.41. The lowest BCUT2D eigenvalue weighted by Crippen LogP contribution is -1.80. The lowest BCUT2D eigenvalue weighted by Gasteiger charge is -1.90. The van der Waals surface area contributed by atoms with E-state index in [1.807, 2.05) is 6.08 Å². The zero-order valence-electron chi connectivity index (χ0n) is 7.13. The van der Waals surface area contributed by atoms with E-state index < -0.39 is 0 Å². The van der Waals surface area contributed by atoms with Crippen LogP contribution in [-0.4, -0.2) is 11.7 Å². The minimum Gasteiger partial charge on any atom is -0.396 e. The topological polar surface area (TPSA) is 20.2 Å². The van der Waals surface area contributed by atoms with Gasteiger partial charge < -0.3 is 5.11 Å². The summed E-state index contributed by atoms with van der Waals surface area (Å²) in [6.45, 7) is 3.96. The summed E-state index contributed by atoms with van der Waals surface area (Å²) in [7, 11) is 0. The monoisotopic (exact) mass is 154 g/mol. The second-order valence-electron chi connectivity index (χ2n) is 2.56. The van der Waals surface area contributed by atoms with Crippen molar-refractivity contribution >= 4 is 0 Å². The summed E-state index contributed by atoms with van der Waals surface area (Å²) in [4.78, 5) is 0. The Morgan fingerprint density at radius 3 is 2.36 bits per heavy atom. The molecule has 0 aromatic heterocycles. The van der Waals surface area contributed by atoms with E-state index in [1.54, 1.807) is 0 Å². The number of hydrogen-bond donors (Lipinski definition) is 1. The van der Waals surface area contributed by atoms with Crippen LogP contribution in [0.15, 0.2) is 24.8 Å². The van der Waals surface area contributed by atoms with Crippen molar-refractivity contribution in [2.24, 2.45) is 0 Å². The Bertz CT molecular complexity index is 105. The third-order valence-electron chi connectivity index (χ3n) is 1.48. The molecule has 0 bridgehead atoms. The molecule has 0 aromatic carbocycles. The molecular formula is C10H18O. The molecule has 0 aliphatic carbocycles. The van der Waals surface area contributed by atoms with Crippen LogP contribution in [0.3, 0.4) is 0 Å². The lowest BCUT2D eigenvalue weighted by molar-refractivity contribution is 0.285. The Morgan fingerprint density at radius 2 is 1.73 bits per heavy atom. The first-order valence-electron chi connectivity index (χ1n) is 4.28. The second-order valence-corrected chi connectivity index (χ2v) is 2.56. The van der Waals surface area contributed by atoms with Crippen LogP contribution in [-0.2, 0) is 0 Å². The van der Waals surface area contributed by atoms with Crippen LogP contribution < -0.4 is 0 Å². The fraction of sp³-hybridized carbons (Fsp3) is 0.600. The summed E-state index contributed by atoms with van der Waals surface area (Å²) in [6, 6.07) is 0. The Labute approximate surface area is 69.4 Å². The van der Waals surface area contributed by atoms with E-state index in [2.05, 4.69) is 18.7 Å². The summed E-state index contributed by atoms with van der Waals surface area (Å²) in [5, 5.41) is 8.47. The van der Waals surface area contributed by atoms with Crippen molar-refractivity contribution in [3.63, 3.8) is 0 Å². The average Bonchev–Trinajstić information content (AvgIpc) is 2.03. The zero-order valence-corrected chi connectivity index (χ0v) is 7.13. The second kappa shape index (κ2) is 9.44. The molecule has 1 N–H and O–H groups in total. The first-order valence-corrected chi connectivity index (χ1v) is 4.28. The number of aliphatic hydroxyl groups excluding tert-OH is 1. The number of allylic oxidation sites excluding steroid dienone is 3. The van der Waals surface area contributed by atoms with Gasteiger partial charge >= 0.3 is 0 Å². The van der Waals surface area contributed by atoms with Crippen LogP contribution in [0, 0.1) is 0 Å². The van der Waals surface area contributed by atoms with Crippen molar-refractivity contribution in [3.8, 4) is 0 Å². The highest BCUT2D eigenvalue weighted by Crippen LogP contribution is 1.98. The van der Waals surface area contributed by atoms with Gasteiger partial charge in [0.05, 0.1) is 0 Å². The molecule has 0 amide bonds. The molecule has 0 heterocycles. The Morgan fingerprint density at radius 1 is 1.00 bits per heavy atom. The van der Waals surface area contributed by atoms with E-state index in [1.165, 1.54) is 0 Å². The highest BCUT2D eigenvalue weighted by molar-refractivity contribution is 4.84. The van der Waals surface area contributed by atoms with Gasteiger partial charge in [-0.3, -0.25) is 0 Å². The van der Waals surface area contributed by atoms with E-state index in [0.717, 1.165) is 32.1 Å². The minimum absolute atomic E-state index is 0.320. The molecule has 64 valence electrons. The maximum atomic E-state index is 8.47. The van der Waals surface area contributed by atoms with E-state index >= 15 is 0 Å². The van der Waals surface area contributed by atoms with Gasteiger partial charge in [-0.1, -0.05) is 18.2 Å². The van der Waals surface area contributed by atoms with Gasteiger partial charge in [0.1, 0.15) is 0 Å². The fourth-order valence-electron chi connectivity index (χ4n) is 0.824. The fourth-order valence-corrected chi connectivity index (χ4v) is 0.824. The molecule has 1 heteroatoms. The van der Waals surface area contributed by atoms with Gasteiger partial charge in [-0.15, -0.1) is 6.58 Å². The van der Waals surface area contributed by atoms with Crippen LogP contribution in [0.5, 0.6) is 0 Å². The van der Waals surface area contributed by atoms with Crippen molar-refractivity contribution in [2.45, 2.75) is 32.1 Å². The molecule has 0 radical (unpaired) electrons. The molecular weight excluding hydrogens is 136 g/mol. The number of rotatable bonds is 7. The van der Waals surface area contributed by atoms with Crippen LogP contribution >= 0.6 is 0 Å². The molecule has 0 unspecified atom stereocenters. The Balaban J connectivity index is 2.97. The summed E-state index contributed by atoms with van der Waals surface area (Å²) in [5.74, 6) is 0. The van der Waals surface area contributed by atoms with Gasteiger partial charge in [0.15, 0.2) is 0 Å². The predicted molar refractivity (Wildman–Crippen MR) is 49.5 cm³/mol. The maximum Gasteiger partial charge on any atom is 0.0431 e. The molecule has 0 atom stereocenters. The molecule has 0 aliphatic heterocycles. The SMILES string of the molecule is C=CCC/C=C/CCCCO. The summed E-state index contributed by atoms with van der Waals surface area (Å²) < 4.78 is 0. The molecule has 0 rings (SSSR count). The van der Waals surface area contributed by atoms with Crippen molar-refractivity contribution in [2.75, 3.05) is 6.61 Å². The predicted octanol–water partition coefficient (Wildman–Crippen LogP) is 2.67. The van der Waals surface area contributed by atoms with Gasteiger partial charge in [-0.2, -0.15) is 0 Å². The van der Waals surface area contributed by atoms with E-state index in [-0.39, 0.29) is 0 Å². The molecule has 1 nitrogen and oxygen atoms in total. The molecule has 0 saturated heterocycles. The Hall–Kier alpha value is -0.560. The standard InChI is InChI=1S/C10H18O/c1-2-3-4-5-6-7-8-9-10-11/h2,5-6,11H,1,3-4,7-10H2/b6-5+. The number of unbranched alkanes of at least 4 members (excludes halogenated alkanes) is 3. The van der Waals surface area contributed by atoms with Gasteiger partial charge in [0, 0.05) is 6.61 Å². The highest BCUT2D eigenvalue weighted by atomic mass is 16.2. The van der Waals surface area contributed by atoms with Crippen LogP contribution in [0.2, 0.25) is 0 Å². The van der Waals surface area contributed by atoms with Crippen LogP contribution in [0.4, 0.5) is 0 Å². The molecule has 0 aromatic rings. The normalized spacial score (nSPS) is 10.6. The minimum atomic E-state index is 0.320. The molecule has 0 aliphatic rings. The first kappa shape index (κ1) is 10.4. The Kier molecular flexibility index (Phi) is 8.96. The molecule has 0 fully saturated rings. The molecule has 0 saturated carbocycles. The van der Waals surface area contributed by atoms with Crippen molar-refractivity contribution in [3.05, 3.63) is 24.8 Å². The molecule has 11 heavy (non-hydrogen) atoms. The lowest BCUT2D eigenvalue weighted by atomic mass is 10.2. The average molecular weight is 154 g/mol. The largest absolute Gasteiger partial charge is 0.396 e. The zero-order chi connectivity index (χ0) is 8.36. The van der Waals surface area contributed by atoms with Gasteiger partial charge in [-0.25, -0.2) is 0 Å². The van der Waals surface area contributed by atoms with Crippen LogP contribution in [0.25, 0.3) is 0 Å². The van der Waals surface area contributed by atoms with Crippen molar-refractivity contribution in [1.82, 2.24) is 0 Å². The van der Waals surface area contributed by atoms with Gasteiger partial charge in [-0.05, 0) is 32.1 Å². The third-order valence-corrected chi connectivity index (χ3v) is 1.48. The quantitative estimate of drug-likeness (QED) is 0.441. The van der Waals surface area contributed by atoms with E-state index in [0.29, 0.717) is 6.61 Å². The van der Waals surface area contributed by atoms with E-state index in [9.17, 15) is 0 Å². The highest BCUT2D eigenvalue weighted by Gasteiger charge is 1.81.